The average molecular weight is 569 g/mol. The van der Waals surface area contributed by atoms with Crippen molar-refractivity contribution in [1.29, 1.82) is 0 Å². The highest BCUT2D eigenvalue weighted by Gasteiger charge is 2.35. The molecule has 1 saturated heterocycles. The molecule has 0 unspecified atom stereocenters. The Morgan fingerprint density at radius 1 is 0.881 bits per heavy atom. The van der Waals surface area contributed by atoms with Crippen LogP contribution in [-0.2, 0) is 18.0 Å². The van der Waals surface area contributed by atoms with Gasteiger partial charge in [-0.3, -0.25) is 14.2 Å². The summed E-state index contributed by atoms with van der Waals surface area (Å²) in [5, 5.41) is 19.3. The molecule has 6 rings (SSSR count). The molecule has 2 heterocycles. The molecular formula is C32H28N2O8. The fourth-order valence-corrected chi connectivity index (χ4v) is 5.19. The number of aromatic nitrogens is 2. The van der Waals surface area contributed by atoms with Crippen LogP contribution in [0.3, 0.4) is 0 Å². The van der Waals surface area contributed by atoms with Crippen LogP contribution in [0.2, 0.25) is 0 Å². The molecule has 42 heavy (non-hydrogen) atoms. The van der Waals surface area contributed by atoms with Gasteiger partial charge in [-0.05, 0) is 42.3 Å². The molecule has 1 aliphatic carbocycles. The number of hydrogen-bond donors (Lipinski definition) is 2. The van der Waals surface area contributed by atoms with Crippen LogP contribution in [0.15, 0.2) is 77.7 Å². The van der Waals surface area contributed by atoms with Crippen molar-refractivity contribution < 1.29 is 34.0 Å². The maximum atomic E-state index is 13.0. The molecule has 0 spiro atoms. The lowest BCUT2D eigenvalue weighted by atomic mass is 9.83. The maximum Gasteiger partial charge on any atom is 0.352 e. The summed E-state index contributed by atoms with van der Waals surface area (Å²) in [6, 6.07) is 19.3. The lowest BCUT2D eigenvalue weighted by Crippen LogP contribution is -2.28. The summed E-state index contributed by atoms with van der Waals surface area (Å²) in [5.74, 6) is 0.475. The van der Waals surface area contributed by atoms with Crippen LogP contribution in [0, 0.1) is 6.92 Å². The van der Waals surface area contributed by atoms with Crippen molar-refractivity contribution in [3.8, 4) is 11.6 Å². The second-order valence-corrected chi connectivity index (χ2v) is 10.3. The van der Waals surface area contributed by atoms with E-state index in [4.69, 9.17) is 14.2 Å². The largest absolute Gasteiger partial charge is 0.489 e. The first-order valence-electron chi connectivity index (χ1n) is 13.5. The first-order chi connectivity index (χ1) is 20.3. The second kappa shape index (κ2) is 11.3. The first-order valence-corrected chi connectivity index (χ1v) is 13.5. The number of rotatable bonds is 8. The lowest BCUT2D eigenvalue weighted by molar-refractivity contribution is -0.0460. The molecule has 2 aliphatic rings. The number of benzene rings is 3. The van der Waals surface area contributed by atoms with Gasteiger partial charge >= 0.3 is 5.69 Å². The van der Waals surface area contributed by atoms with Crippen molar-refractivity contribution in [1.82, 2.24) is 9.55 Å². The molecule has 0 radical (unpaired) electrons. The zero-order valence-corrected chi connectivity index (χ0v) is 22.7. The standard InChI is InChI=1S/C32H28N2O8/c1-18-14-34(28-13-26(36)27(15-35)42-28)32(39)33-31(18)41-16-19-6-9-21(10-7-19)40-17-20-8-11-24-25(12-20)30(38)23-5-3-2-4-22(23)29(24)37/h2-12,14,26-28,35-36H,13,15-17H2,1H3/t26-,27+,28+/m0/s1. The molecule has 2 N–H and O–H groups in total. The van der Waals surface area contributed by atoms with Crippen molar-refractivity contribution in [2.24, 2.45) is 0 Å². The molecule has 0 amide bonds. The third-order valence-corrected chi connectivity index (χ3v) is 7.48. The topological polar surface area (TPSA) is 137 Å². The zero-order valence-electron chi connectivity index (χ0n) is 22.7. The van der Waals surface area contributed by atoms with Gasteiger partial charge in [0.25, 0.3) is 0 Å². The number of ether oxygens (including phenoxy) is 3. The van der Waals surface area contributed by atoms with E-state index in [2.05, 4.69) is 4.98 Å². The quantitative estimate of drug-likeness (QED) is 0.289. The van der Waals surface area contributed by atoms with Crippen molar-refractivity contribution in [2.75, 3.05) is 6.61 Å². The van der Waals surface area contributed by atoms with Gasteiger partial charge in [0, 0.05) is 40.4 Å². The van der Waals surface area contributed by atoms with Crippen LogP contribution in [-0.4, -0.2) is 50.1 Å². The molecule has 4 aromatic rings. The highest BCUT2D eigenvalue weighted by molar-refractivity contribution is 6.28. The number of nitrogens with zero attached hydrogens (tertiary/aromatic N) is 2. The first kappa shape index (κ1) is 27.5. The van der Waals surface area contributed by atoms with Crippen molar-refractivity contribution in [3.05, 3.63) is 122 Å². The zero-order chi connectivity index (χ0) is 29.4. The summed E-state index contributed by atoms with van der Waals surface area (Å²) < 4.78 is 18.6. The van der Waals surface area contributed by atoms with Gasteiger partial charge in [-0.25, -0.2) is 4.79 Å². The molecule has 3 atom stereocenters. The van der Waals surface area contributed by atoms with Crippen LogP contribution in [0.4, 0.5) is 0 Å². The maximum absolute atomic E-state index is 13.0. The van der Waals surface area contributed by atoms with Gasteiger partial charge in [0.05, 0.1) is 12.7 Å². The SMILES string of the molecule is Cc1cn([C@H]2C[C@H](O)[C@@H](CO)O2)c(=O)nc1OCc1ccc(OCc2ccc3c(c2)C(=O)c2ccccc2C3=O)cc1. The highest BCUT2D eigenvalue weighted by Crippen LogP contribution is 2.29. The summed E-state index contributed by atoms with van der Waals surface area (Å²) in [6.45, 7) is 1.81. The number of carbonyl (C=O) groups is 2. The molecule has 3 aromatic carbocycles. The Hall–Kier alpha value is -4.64. The van der Waals surface area contributed by atoms with Crippen molar-refractivity contribution >= 4 is 11.6 Å². The Bertz CT molecular complexity index is 1730. The van der Waals surface area contributed by atoms with Gasteiger partial charge in [-0.2, -0.15) is 4.98 Å². The van der Waals surface area contributed by atoms with E-state index in [1.54, 1.807) is 67.7 Å². The van der Waals surface area contributed by atoms with Gasteiger partial charge in [-0.15, -0.1) is 0 Å². The van der Waals surface area contributed by atoms with Gasteiger partial charge in [0.15, 0.2) is 11.6 Å². The predicted molar refractivity (Wildman–Crippen MR) is 150 cm³/mol. The van der Waals surface area contributed by atoms with E-state index < -0.39 is 24.1 Å². The van der Waals surface area contributed by atoms with Crippen LogP contribution < -0.4 is 15.2 Å². The van der Waals surface area contributed by atoms with Crippen LogP contribution >= 0.6 is 0 Å². The van der Waals surface area contributed by atoms with Gasteiger partial charge < -0.3 is 24.4 Å². The molecule has 10 nitrogen and oxygen atoms in total. The fourth-order valence-electron chi connectivity index (χ4n) is 5.19. The number of ketones is 2. The third-order valence-electron chi connectivity index (χ3n) is 7.48. The molecule has 10 heteroatoms. The van der Waals surface area contributed by atoms with Crippen LogP contribution in [0.5, 0.6) is 11.6 Å². The van der Waals surface area contributed by atoms with Gasteiger partial charge in [0.1, 0.15) is 31.3 Å². The van der Waals surface area contributed by atoms with Gasteiger partial charge in [-0.1, -0.05) is 42.5 Å². The smallest absolute Gasteiger partial charge is 0.352 e. The van der Waals surface area contributed by atoms with Crippen molar-refractivity contribution in [3.63, 3.8) is 0 Å². The summed E-state index contributed by atoms with van der Waals surface area (Å²) in [7, 11) is 0. The normalized spacial score (nSPS) is 19.4. The highest BCUT2D eigenvalue weighted by atomic mass is 16.5. The number of aliphatic hydroxyl groups is 2. The predicted octanol–water partition coefficient (Wildman–Crippen LogP) is 3.13. The molecule has 0 saturated carbocycles. The van der Waals surface area contributed by atoms with E-state index in [0.29, 0.717) is 33.6 Å². The Labute approximate surface area is 240 Å². The molecule has 0 bridgehead atoms. The fraction of sp³-hybridized carbons (Fsp3) is 0.250. The molecule has 1 aromatic heterocycles. The average Bonchev–Trinajstić information content (AvgIpc) is 3.39. The summed E-state index contributed by atoms with van der Waals surface area (Å²) in [5.41, 5.74) is 3.26. The molecular weight excluding hydrogens is 540 g/mol. The molecule has 1 fully saturated rings. The Morgan fingerprint density at radius 3 is 2.21 bits per heavy atom. The summed E-state index contributed by atoms with van der Waals surface area (Å²) in [4.78, 5) is 42.4. The number of aryl methyl sites for hydroxylation is 1. The number of carbonyl (C=O) groups excluding carboxylic acids is 2. The lowest BCUT2D eigenvalue weighted by Gasteiger charge is -2.18. The van der Waals surface area contributed by atoms with Crippen LogP contribution in [0.25, 0.3) is 0 Å². The monoisotopic (exact) mass is 568 g/mol. The molecule has 214 valence electrons. The Morgan fingerprint density at radius 2 is 1.52 bits per heavy atom. The number of aliphatic hydroxyl groups excluding tert-OH is 2. The van der Waals surface area contributed by atoms with E-state index in [0.717, 1.165) is 11.1 Å². The van der Waals surface area contributed by atoms with E-state index >= 15 is 0 Å². The third kappa shape index (κ3) is 5.23. The second-order valence-electron chi connectivity index (χ2n) is 10.3. The van der Waals surface area contributed by atoms with E-state index in [1.807, 2.05) is 12.1 Å². The van der Waals surface area contributed by atoms with Crippen LogP contribution in [0.1, 0.15) is 61.2 Å². The Kier molecular flexibility index (Phi) is 7.42. The molecule has 1 aliphatic heterocycles. The number of fused-ring (bicyclic) bond motifs is 2. The van der Waals surface area contributed by atoms with E-state index in [-0.39, 0.29) is 43.7 Å². The van der Waals surface area contributed by atoms with Gasteiger partial charge in [0.2, 0.25) is 5.88 Å². The minimum Gasteiger partial charge on any atom is -0.489 e. The van der Waals surface area contributed by atoms with E-state index in [1.165, 1.54) is 4.57 Å². The summed E-state index contributed by atoms with van der Waals surface area (Å²) >= 11 is 0. The minimum absolute atomic E-state index is 0.157. The van der Waals surface area contributed by atoms with Crippen molar-refractivity contribution in [2.45, 2.75) is 45.0 Å². The summed E-state index contributed by atoms with van der Waals surface area (Å²) in [6.07, 6.45) is -0.558. The number of hydrogen-bond acceptors (Lipinski definition) is 9. The van der Waals surface area contributed by atoms with E-state index in [9.17, 15) is 24.6 Å². The minimum atomic E-state index is -0.860. The Balaban J connectivity index is 1.07.